The molecular weight excluding hydrogens is 302 g/mol. The molecule has 0 atom stereocenters. The summed E-state index contributed by atoms with van der Waals surface area (Å²) in [5.74, 6) is 1.20. The molecule has 4 rings (SSSR count). The van der Waals surface area contributed by atoms with Gasteiger partial charge in [0.2, 0.25) is 0 Å². The van der Waals surface area contributed by atoms with Crippen molar-refractivity contribution >= 4 is 22.8 Å². The number of benzene rings is 1. The summed E-state index contributed by atoms with van der Waals surface area (Å²) in [5, 5.41) is 0. The molecule has 2 heterocycles. The average Bonchev–Trinajstić information content (AvgIpc) is 3.46. The number of carbonyl (C=O) groups is 1. The van der Waals surface area contributed by atoms with Crippen LogP contribution in [0.5, 0.6) is 0 Å². The Morgan fingerprint density at radius 2 is 2.04 bits per heavy atom. The van der Waals surface area contributed by atoms with Gasteiger partial charge in [-0.2, -0.15) is 0 Å². The number of rotatable bonds is 4. The molecule has 0 spiro atoms. The van der Waals surface area contributed by atoms with Crippen LogP contribution in [-0.4, -0.2) is 35.6 Å². The number of anilines is 1. The fourth-order valence-electron chi connectivity index (χ4n) is 3.45. The molecule has 1 saturated heterocycles. The summed E-state index contributed by atoms with van der Waals surface area (Å²) in [4.78, 5) is 24.0. The Morgan fingerprint density at radius 1 is 1.25 bits per heavy atom. The summed E-state index contributed by atoms with van der Waals surface area (Å²) < 4.78 is 5.16. The first-order valence-corrected chi connectivity index (χ1v) is 8.99. The van der Waals surface area contributed by atoms with Gasteiger partial charge in [-0.3, -0.25) is 4.98 Å². The van der Waals surface area contributed by atoms with Crippen molar-refractivity contribution in [2.24, 2.45) is 0 Å². The van der Waals surface area contributed by atoms with Gasteiger partial charge in [0, 0.05) is 13.1 Å². The molecule has 1 aliphatic carbocycles. The minimum absolute atomic E-state index is 0.275. The molecule has 0 radical (unpaired) electrons. The Balaban J connectivity index is 1.76. The molecule has 0 amide bonds. The fraction of sp³-hybridized carbons (Fsp3) is 0.526. The van der Waals surface area contributed by atoms with E-state index in [1.165, 1.54) is 19.3 Å². The van der Waals surface area contributed by atoms with Gasteiger partial charge in [0.05, 0.1) is 29.4 Å². The minimum Gasteiger partial charge on any atom is -0.462 e. The van der Waals surface area contributed by atoms with Gasteiger partial charge in [-0.25, -0.2) is 9.78 Å². The quantitative estimate of drug-likeness (QED) is 0.803. The Labute approximate surface area is 142 Å². The predicted octanol–water partition coefficient (Wildman–Crippen LogP) is 3.67. The summed E-state index contributed by atoms with van der Waals surface area (Å²) in [7, 11) is 0. The lowest BCUT2D eigenvalue weighted by Gasteiger charge is -2.27. The highest BCUT2D eigenvalue weighted by Gasteiger charge is 2.28. The summed E-state index contributed by atoms with van der Waals surface area (Å²) in [5.41, 5.74) is 3.49. The maximum Gasteiger partial charge on any atom is 0.338 e. The van der Waals surface area contributed by atoms with Gasteiger partial charge < -0.3 is 9.64 Å². The van der Waals surface area contributed by atoms with Crippen LogP contribution in [0.1, 0.15) is 60.9 Å². The summed E-state index contributed by atoms with van der Waals surface area (Å²) in [6, 6.07) is 3.78. The number of piperidine rings is 1. The topological polar surface area (TPSA) is 55.3 Å². The Hall–Kier alpha value is -2.17. The van der Waals surface area contributed by atoms with Gasteiger partial charge in [-0.15, -0.1) is 0 Å². The third-order valence-corrected chi connectivity index (χ3v) is 4.87. The number of hydrogen-bond acceptors (Lipinski definition) is 5. The molecule has 5 nitrogen and oxygen atoms in total. The van der Waals surface area contributed by atoms with Crippen molar-refractivity contribution in [2.75, 3.05) is 24.6 Å². The predicted molar refractivity (Wildman–Crippen MR) is 93.5 cm³/mol. The molecule has 0 N–H and O–H groups in total. The molecule has 0 bridgehead atoms. The third-order valence-electron chi connectivity index (χ3n) is 4.87. The van der Waals surface area contributed by atoms with Gasteiger partial charge in [-0.1, -0.05) is 0 Å². The molecule has 126 valence electrons. The summed E-state index contributed by atoms with van der Waals surface area (Å²) in [6.45, 7) is 4.32. The van der Waals surface area contributed by atoms with Gasteiger partial charge >= 0.3 is 5.97 Å². The zero-order valence-corrected chi connectivity index (χ0v) is 14.1. The number of nitrogens with zero attached hydrogens (tertiary/aromatic N) is 3. The normalized spacial score (nSPS) is 18.0. The molecule has 24 heavy (non-hydrogen) atoms. The molecule has 2 aromatic rings. The van der Waals surface area contributed by atoms with Crippen molar-refractivity contribution < 1.29 is 9.53 Å². The van der Waals surface area contributed by atoms with E-state index in [4.69, 9.17) is 9.72 Å². The SMILES string of the molecule is CCOC(=O)c1cc(C2CC2)c2nc(N3CCCCC3)cnc2c1. The average molecular weight is 325 g/mol. The molecule has 2 fully saturated rings. The minimum atomic E-state index is -0.275. The van der Waals surface area contributed by atoms with Crippen molar-refractivity contribution in [1.82, 2.24) is 9.97 Å². The van der Waals surface area contributed by atoms with Gasteiger partial charge in [0.15, 0.2) is 0 Å². The maximum absolute atomic E-state index is 12.1. The first kappa shape index (κ1) is 15.4. The van der Waals surface area contributed by atoms with Crippen LogP contribution in [0.2, 0.25) is 0 Å². The van der Waals surface area contributed by atoms with Crippen LogP contribution in [0, 0.1) is 0 Å². The smallest absolute Gasteiger partial charge is 0.338 e. The molecule has 2 aliphatic rings. The second-order valence-electron chi connectivity index (χ2n) is 6.70. The lowest BCUT2D eigenvalue weighted by molar-refractivity contribution is 0.0526. The highest BCUT2D eigenvalue weighted by molar-refractivity contribution is 5.95. The Morgan fingerprint density at radius 3 is 2.75 bits per heavy atom. The fourth-order valence-corrected chi connectivity index (χ4v) is 3.45. The van der Waals surface area contributed by atoms with E-state index in [0.717, 1.165) is 48.3 Å². The highest BCUT2D eigenvalue weighted by atomic mass is 16.5. The summed E-state index contributed by atoms with van der Waals surface area (Å²) in [6.07, 6.45) is 7.91. The first-order valence-electron chi connectivity index (χ1n) is 8.99. The molecular formula is C19H23N3O2. The van der Waals surface area contributed by atoms with E-state index in [1.807, 2.05) is 25.3 Å². The molecule has 1 aromatic carbocycles. The number of ether oxygens (including phenoxy) is 1. The summed E-state index contributed by atoms with van der Waals surface area (Å²) >= 11 is 0. The number of esters is 1. The van der Waals surface area contributed by atoms with Gasteiger partial charge in [0.25, 0.3) is 0 Å². The second kappa shape index (κ2) is 6.38. The first-order chi connectivity index (χ1) is 11.8. The molecule has 5 heteroatoms. The number of aromatic nitrogens is 2. The van der Waals surface area contributed by atoms with E-state index in [-0.39, 0.29) is 5.97 Å². The van der Waals surface area contributed by atoms with Gasteiger partial charge in [-0.05, 0) is 62.6 Å². The van der Waals surface area contributed by atoms with E-state index < -0.39 is 0 Å². The van der Waals surface area contributed by atoms with Crippen LogP contribution in [0.15, 0.2) is 18.3 Å². The highest BCUT2D eigenvalue weighted by Crippen LogP contribution is 2.43. The molecule has 1 aliphatic heterocycles. The monoisotopic (exact) mass is 325 g/mol. The largest absolute Gasteiger partial charge is 0.462 e. The molecule has 0 unspecified atom stereocenters. The van der Waals surface area contributed by atoms with E-state index in [2.05, 4.69) is 9.88 Å². The van der Waals surface area contributed by atoms with E-state index in [9.17, 15) is 4.79 Å². The van der Waals surface area contributed by atoms with Crippen molar-refractivity contribution in [1.29, 1.82) is 0 Å². The van der Waals surface area contributed by atoms with Crippen LogP contribution in [0.25, 0.3) is 11.0 Å². The standard InChI is InChI=1S/C19H23N3O2/c1-2-24-19(23)14-10-15(13-6-7-13)18-16(11-14)20-12-17(21-18)22-8-4-3-5-9-22/h10-13H,2-9H2,1H3. The third kappa shape index (κ3) is 2.95. The molecule has 1 saturated carbocycles. The Bertz CT molecular complexity index is 765. The van der Waals surface area contributed by atoms with Crippen LogP contribution in [-0.2, 0) is 4.74 Å². The van der Waals surface area contributed by atoms with Crippen molar-refractivity contribution in [3.8, 4) is 0 Å². The number of carbonyl (C=O) groups excluding carboxylic acids is 1. The second-order valence-corrected chi connectivity index (χ2v) is 6.70. The van der Waals surface area contributed by atoms with Crippen molar-refractivity contribution in [3.63, 3.8) is 0 Å². The van der Waals surface area contributed by atoms with Crippen LogP contribution in [0.3, 0.4) is 0 Å². The van der Waals surface area contributed by atoms with Crippen LogP contribution < -0.4 is 4.90 Å². The van der Waals surface area contributed by atoms with Crippen molar-refractivity contribution in [2.45, 2.75) is 44.9 Å². The lowest BCUT2D eigenvalue weighted by atomic mass is 10.0. The van der Waals surface area contributed by atoms with Crippen LogP contribution >= 0.6 is 0 Å². The van der Waals surface area contributed by atoms with Crippen LogP contribution in [0.4, 0.5) is 5.82 Å². The lowest BCUT2D eigenvalue weighted by Crippen LogP contribution is -2.30. The van der Waals surface area contributed by atoms with E-state index in [0.29, 0.717) is 18.1 Å². The zero-order chi connectivity index (χ0) is 16.5. The van der Waals surface area contributed by atoms with Gasteiger partial charge in [0.1, 0.15) is 5.82 Å². The Kier molecular flexibility index (Phi) is 4.08. The zero-order valence-electron chi connectivity index (χ0n) is 14.1. The maximum atomic E-state index is 12.1. The van der Waals surface area contributed by atoms with E-state index in [1.54, 1.807) is 0 Å². The van der Waals surface area contributed by atoms with Crippen molar-refractivity contribution in [3.05, 3.63) is 29.5 Å². The number of fused-ring (bicyclic) bond motifs is 1. The number of hydrogen-bond donors (Lipinski definition) is 0. The van der Waals surface area contributed by atoms with E-state index >= 15 is 0 Å². The molecule has 1 aromatic heterocycles.